The van der Waals surface area contributed by atoms with E-state index in [-0.39, 0.29) is 24.6 Å². The van der Waals surface area contributed by atoms with Crippen LogP contribution in [0.3, 0.4) is 0 Å². The third-order valence-corrected chi connectivity index (χ3v) is 4.14. The molecule has 2 unspecified atom stereocenters. The molecule has 0 aliphatic carbocycles. The van der Waals surface area contributed by atoms with Crippen LogP contribution < -0.4 is 0 Å². The van der Waals surface area contributed by atoms with Crippen molar-refractivity contribution < 1.29 is 14.2 Å². The number of hydrogen-bond acceptors (Lipinski definition) is 4. The molecule has 0 saturated carbocycles. The van der Waals surface area contributed by atoms with Gasteiger partial charge in [0.1, 0.15) is 5.82 Å². The largest absolute Gasteiger partial charge is 0.394 e. The fourth-order valence-corrected chi connectivity index (χ4v) is 3.22. The van der Waals surface area contributed by atoms with Gasteiger partial charge in [-0.05, 0) is 19.1 Å². The lowest BCUT2D eigenvalue weighted by atomic mass is 10.2. The molecule has 1 aromatic carbocycles. The molecular weight excluding hydrogens is 265 g/mol. The Morgan fingerprint density at radius 1 is 1.42 bits per heavy atom. The van der Waals surface area contributed by atoms with Crippen molar-refractivity contribution >= 4 is 11.8 Å². The summed E-state index contributed by atoms with van der Waals surface area (Å²) in [6.45, 7) is 4.57. The maximum absolute atomic E-state index is 13.4. The van der Waals surface area contributed by atoms with Crippen molar-refractivity contribution in [3.8, 4) is 0 Å². The molecule has 0 bridgehead atoms. The highest BCUT2D eigenvalue weighted by Gasteiger charge is 2.24. The minimum absolute atomic E-state index is 0.0568. The molecule has 1 N–H and O–H groups in total. The lowest BCUT2D eigenvalue weighted by Crippen LogP contribution is -2.48. The molecule has 106 valence electrons. The number of morpholine rings is 1. The van der Waals surface area contributed by atoms with Gasteiger partial charge in [-0.25, -0.2) is 4.39 Å². The number of benzene rings is 1. The Morgan fingerprint density at radius 3 is 2.95 bits per heavy atom. The Kier molecular flexibility index (Phi) is 5.63. The predicted octanol–water partition coefficient (Wildman–Crippen LogP) is 2.00. The zero-order valence-corrected chi connectivity index (χ0v) is 11.9. The van der Waals surface area contributed by atoms with E-state index in [4.69, 9.17) is 9.84 Å². The molecule has 2 atom stereocenters. The van der Waals surface area contributed by atoms with Crippen LogP contribution in [-0.4, -0.2) is 54.2 Å². The van der Waals surface area contributed by atoms with Crippen LogP contribution in [0, 0.1) is 5.82 Å². The topological polar surface area (TPSA) is 32.7 Å². The lowest BCUT2D eigenvalue weighted by molar-refractivity contribution is -0.0935. The highest BCUT2D eigenvalue weighted by atomic mass is 32.2. The second-order valence-electron chi connectivity index (χ2n) is 4.79. The van der Waals surface area contributed by atoms with Crippen molar-refractivity contribution in [3.05, 3.63) is 30.1 Å². The molecule has 19 heavy (non-hydrogen) atoms. The van der Waals surface area contributed by atoms with E-state index in [9.17, 15) is 4.39 Å². The lowest BCUT2D eigenvalue weighted by Gasteiger charge is -2.35. The first-order valence-corrected chi connectivity index (χ1v) is 7.53. The molecule has 0 spiro atoms. The second kappa shape index (κ2) is 7.24. The summed E-state index contributed by atoms with van der Waals surface area (Å²) < 4.78 is 19.0. The standard InChI is InChI=1S/C14H20FNO2S/c1-11-8-16(9-12(10-17)18-11)6-7-19-14-5-3-2-4-13(14)15/h2-5,11-12,17H,6-10H2,1H3. The number of nitrogens with zero attached hydrogens (tertiary/aromatic N) is 1. The van der Waals surface area contributed by atoms with E-state index in [1.807, 2.05) is 13.0 Å². The van der Waals surface area contributed by atoms with Crippen molar-refractivity contribution in [2.75, 3.05) is 32.0 Å². The van der Waals surface area contributed by atoms with Crippen molar-refractivity contribution in [2.24, 2.45) is 0 Å². The minimum atomic E-state index is -0.156. The summed E-state index contributed by atoms with van der Waals surface area (Å²) >= 11 is 1.53. The zero-order chi connectivity index (χ0) is 13.7. The van der Waals surface area contributed by atoms with Crippen LogP contribution in [0.2, 0.25) is 0 Å². The Hall–Kier alpha value is -0.620. The average Bonchev–Trinajstić information content (AvgIpc) is 2.40. The molecule has 3 nitrogen and oxygen atoms in total. The SMILES string of the molecule is CC1CN(CCSc2ccccc2F)CC(CO)O1. The molecule has 1 aliphatic heterocycles. The summed E-state index contributed by atoms with van der Waals surface area (Å²) in [5, 5.41) is 9.16. The molecule has 2 rings (SSSR count). The van der Waals surface area contributed by atoms with Gasteiger partial charge in [-0.3, -0.25) is 4.90 Å². The quantitative estimate of drug-likeness (QED) is 0.839. The highest BCUT2D eigenvalue weighted by molar-refractivity contribution is 7.99. The van der Waals surface area contributed by atoms with Crippen LogP contribution in [0.15, 0.2) is 29.2 Å². The van der Waals surface area contributed by atoms with E-state index in [1.54, 1.807) is 12.1 Å². The van der Waals surface area contributed by atoms with Crippen molar-refractivity contribution in [2.45, 2.75) is 24.0 Å². The molecule has 0 radical (unpaired) electrons. The number of ether oxygens (including phenoxy) is 1. The first-order valence-electron chi connectivity index (χ1n) is 6.55. The summed E-state index contributed by atoms with van der Waals surface area (Å²) in [5.74, 6) is 0.683. The van der Waals surface area contributed by atoms with Gasteiger partial charge in [0.15, 0.2) is 0 Å². The number of halogens is 1. The van der Waals surface area contributed by atoms with Crippen molar-refractivity contribution in [1.82, 2.24) is 4.90 Å². The van der Waals surface area contributed by atoms with Crippen molar-refractivity contribution in [1.29, 1.82) is 0 Å². The first kappa shape index (κ1) is 14.8. The Labute approximate surface area is 117 Å². The van der Waals surface area contributed by atoms with E-state index in [0.29, 0.717) is 4.90 Å². The Morgan fingerprint density at radius 2 is 2.21 bits per heavy atom. The molecule has 1 saturated heterocycles. The summed E-state index contributed by atoms with van der Waals surface area (Å²) in [6, 6.07) is 6.85. The van der Waals surface area contributed by atoms with Crippen molar-refractivity contribution in [3.63, 3.8) is 0 Å². The first-order chi connectivity index (χ1) is 9.19. The minimum Gasteiger partial charge on any atom is -0.394 e. The van der Waals surface area contributed by atoms with Gasteiger partial charge in [0.05, 0.1) is 18.8 Å². The number of thioether (sulfide) groups is 1. The molecule has 0 amide bonds. The number of aliphatic hydroxyl groups excluding tert-OH is 1. The van der Waals surface area contributed by atoms with Gasteiger partial charge < -0.3 is 9.84 Å². The highest BCUT2D eigenvalue weighted by Crippen LogP contribution is 2.21. The fraction of sp³-hybridized carbons (Fsp3) is 0.571. The van der Waals surface area contributed by atoms with E-state index < -0.39 is 0 Å². The average molecular weight is 285 g/mol. The normalized spacial score (nSPS) is 24.6. The van der Waals surface area contributed by atoms with Gasteiger partial charge in [-0.15, -0.1) is 11.8 Å². The Bertz CT molecular complexity index is 405. The van der Waals surface area contributed by atoms with E-state index >= 15 is 0 Å². The zero-order valence-electron chi connectivity index (χ0n) is 11.1. The van der Waals surface area contributed by atoms with Gasteiger partial charge in [-0.1, -0.05) is 12.1 Å². The third kappa shape index (κ3) is 4.45. The molecule has 5 heteroatoms. The molecular formula is C14H20FNO2S. The van der Waals surface area contributed by atoms with Crippen LogP contribution in [0.4, 0.5) is 4.39 Å². The van der Waals surface area contributed by atoms with Crippen LogP contribution in [0.1, 0.15) is 6.92 Å². The van der Waals surface area contributed by atoms with Gasteiger partial charge in [0.2, 0.25) is 0 Å². The van der Waals surface area contributed by atoms with Gasteiger partial charge in [0, 0.05) is 30.3 Å². The fourth-order valence-electron chi connectivity index (χ4n) is 2.27. The van der Waals surface area contributed by atoms with E-state index in [0.717, 1.165) is 25.4 Å². The molecule has 1 heterocycles. The van der Waals surface area contributed by atoms with Crippen LogP contribution in [-0.2, 0) is 4.74 Å². The molecule has 1 aromatic rings. The number of hydrogen-bond donors (Lipinski definition) is 1. The van der Waals surface area contributed by atoms with Gasteiger partial charge >= 0.3 is 0 Å². The number of aliphatic hydroxyl groups is 1. The summed E-state index contributed by atoms with van der Waals surface area (Å²) in [4.78, 5) is 2.96. The molecule has 1 aliphatic rings. The van der Waals surface area contributed by atoms with Gasteiger partial charge in [0.25, 0.3) is 0 Å². The van der Waals surface area contributed by atoms with Gasteiger partial charge in [-0.2, -0.15) is 0 Å². The Balaban J connectivity index is 1.78. The molecule has 0 aromatic heterocycles. The van der Waals surface area contributed by atoms with E-state index in [2.05, 4.69) is 4.90 Å². The summed E-state index contributed by atoms with van der Waals surface area (Å²) in [6.07, 6.45) is 0.0478. The van der Waals surface area contributed by atoms with Crippen LogP contribution in [0.5, 0.6) is 0 Å². The maximum Gasteiger partial charge on any atom is 0.136 e. The smallest absolute Gasteiger partial charge is 0.136 e. The maximum atomic E-state index is 13.4. The predicted molar refractivity (Wildman–Crippen MR) is 75.0 cm³/mol. The van der Waals surface area contributed by atoms with Crippen LogP contribution >= 0.6 is 11.8 Å². The summed E-state index contributed by atoms with van der Waals surface area (Å²) in [7, 11) is 0. The monoisotopic (exact) mass is 285 g/mol. The summed E-state index contributed by atoms with van der Waals surface area (Å²) in [5.41, 5.74) is 0. The third-order valence-electron chi connectivity index (χ3n) is 3.11. The second-order valence-corrected chi connectivity index (χ2v) is 5.93. The van der Waals surface area contributed by atoms with Crippen LogP contribution in [0.25, 0.3) is 0 Å². The number of rotatable bonds is 5. The van der Waals surface area contributed by atoms with E-state index in [1.165, 1.54) is 17.8 Å². The molecule has 1 fully saturated rings.